The van der Waals surface area contributed by atoms with E-state index >= 15 is 0 Å². The van der Waals surface area contributed by atoms with Crippen LogP contribution in [0.5, 0.6) is 0 Å². The van der Waals surface area contributed by atoms with Crippen LogP contribution in [0.2, 0.25) is 0 Å². The van der Waals surface area contributed by atoms with Gasteiger partial charge in [-0.1, -0.05) is 5.16 Å². The van der Waals surface area contributed by atoms with Crippen LogP contribution in [0.1, 0.15) is 19.3 Å². The summed E-state index contributed by atoms with van der Waals surface area (Å²) in [5.41, 5.74) is 0.604. The first-order chi connectivity index (χ1) is 4.74. The van der Waals surface area contributed by atoms with Gasteiger partial charge in [0.05, 0.1) is 11.6 Å². The van der Waals surface area contributed by atoms with Crippen molar-refractivity contribution < 1.29 is 15.1 Å². The van der Waals surface area contributed by atoms with Gasteiger partial charge in [-0.3, -0.25) is 4.79 Å². The summed E-state index contributed by atoms with van der Waals surface area (Å²) < 4.78 is 0. The average molecular weight is 143 g/mol. The number of hydrogen-bond acceptors (Lipinski definition) is 3. The Morgan fingerprint density at radius 2 is 2.40 bits per heavy atom. The molecule has 0 bridgehead atoms. The SMILES string of the molecule is O=C(O)[C@@H]1CCC(=NO)C1. The van der Waals surface area contributed by atoms with Gasteiger partial charge in [-0.2, -0.15) is 0 Å². The number of carbonyl (C=O) groups is 1. The van der Waals surface area contributed by atoms with Gasteiger partial charge in [0.2, 0.25) is 0 Å². The van der Waals surface area contributed by atoms with Crippen molar-refractivity contribution in [1.82, 2.24) is 0 Å². The summed E-state index contributed by atoms with van der Waals surface area (Å²) >= 11 is 0. The molecule has 1 rings (SSSR count). The second-order valence-corrected chi connectivity index (χ2v) is 2.44. The van der Waals surface area contributed by atoms with Gasteiger partial charge >= 0.3 is 5.97 Å². The molecule has 10 heavy (non-hydrogen) atoms. The lowest BCUT2D eigenvalue weighted by Gasteiger charge is -1.97. The summed E-state index contributed by atoms with van der Waals surface area (Å²) in [6.07, 6.45) is 1.63. The molecular formula is C6H9NO3. The standard InChI is InChI=1S/C6H9NO3/c8-6(9)4-1-2-5(3-4)7-10/h4,10H,1-3H2,(H,8,9)/t4-/m1/s1. The van der Waals surface area contributed by atoms with Crippen molar-refractivity contribution in [3.05, 3.63) is 0 Å². The van der Waals surface area contributed by atoms with Crippen LogP contribution in [0.15, 0.2) is 5.16 Å². The third kappa shape index (κ3) is 1.26. The third-order valence-electron chi connectivity index (χ3n) is 1.75. The predicted octanol–water partition coefficient (Wildman–Crippen LogP) is 0.701. The molecule has 0 saturated heterocycles. The molecule has 4 heteroatoms. The lowest BCUT2D eigenvalue weighted by atomic mass is 10.1. The Balaban J connectivity index is 2.51. The van der Waals surface area contributed by atoms with Crippen molar-refractivity contribution in [3.63, 3.8) is 0 Å². The van der Waals surface area contributed by atoms with Gasteiger partial charge in [0.1, 0.15) is 0 Å². The number of carboxylic acid groups (broad SMARTS) is 1. The van der Waals surface area contributed by atoms with Gasteiger partial charge < -0.3 is 10.3 Å². The van der Waals surface area contributed by atoms with Crippen molar-refractivity contribution in [3.8, 4) is 0 Å². The number of oxime groups is 1. The first-order valence-electron chi connectivity index (χ1n) is 3.16. The maximum absolute atomic E-state index is 10.3. The summed E-state index contributed by atoms with van der Waals surface area (Å²) in [7, 11) is 0. The van der Waals surface area contributed by atoms with Gasteiger partial charge in [-0.15, -0.1) is 0 Å². The molecule has 1 atom stereocenters. The Hall–Kier alpha value is -1.06. The van der Waals surface area contributed by atoms with E-state index in [-0.39, 0.29) is 5.92 Å². The topological polar surface area (TPSA) is 69.9 Å². The predicted molar refractivity (Wildman–Crippen MR) is 34.2 cm³/mol. The molecule has 1 aliphatic rings. The van der Waals surface area contributed by atoms with E-state index in [4.69, 9.17) is 10.3 Å². The van der Waals surface area contributed by atoms with Crippen LogP contribution in [0.3, 0.4) is 0 Å². The van der Waals surface area contributed by atoms with Gasteiger partial charge in [-0.05, 0) is 12.8 Å². The molecule has 56 valence electrons. The first-order valence-corrected chi connectivity index (χ1v) is 3.16. The van der Waals surface area contributed by atoms with Crippen molar-refractivity contribution >= 4 is 11.7 Å². The van der Waals surface area contributed by atoms with Crippen LogP contribution in [-0.2, 0) is 4.79 Å². The minimum absolute atomic E-state index is 0.328. The fourth-order valence-corrected chi connectivity index (χ4v) is 1.13. The largest absolute Gasteiger partial charge is 0.481 e. The van der Waals surface area contributed by atoms with Gasteiger partial charge in [-0.25, -0.2) is 0 Å². The normalized spacial score (nSPS) is 29.2. The zero-order valence-corrected chi connectivity index (χ0v) is 5.45. The van der Waals surface area contributed by atoms with Crippen molar-refractivity contribution in [2.75, 3.05) is 0 Å². The highest BCUT2D eigenvalue weighted by atomic mass is 16.4. The number of carboxylic acids is 1. The molecule has 1 saturated carbocycles. The van der Waals surface area contributed by atoms with Crippen molar-refractivity contribution in [2.24, 2.45) is 11.1 Å². The number of aliphatic carboxylic acids is 1. The quantitative estimate of drug-likeness (QED) is 0.419. The molecule has 4 nitrogen and oxygen atoms in total. The molecule has 0 radical (unpaired) electrons. The van der Waals surface area contributed by atoms with Crippen LogP contribution in [0, 0.1) is 5.92 Å². The summed E-state index contributed by atoms with van der Waals surface area (Å²) in [5.74, 6) is -1.12. The fourth-order valence-electron chi connectivity index (χ4n) is 1.13. The van der Waals surface area contributed by atoms with E-state index in [0.717, 1.165) is 0 Å². The van der Waals surface area contributed by atoms with Gasteiger partial charge in [0, 0.05) is 6.42 Å². The van der Waals surface area contributed by atoms with E-state index < -0.39 is 5.97 Å². The monoisotopic (exact) mass is 143 g/mol. The molecule has 0 unspecified atom stereocenters. The maximum atomic E-state index is 10.3. The maximum Gasteiger partial charge on any atom is 0.306 e. The Kier molecular flexibility index (Phi) is 1.89. The zero-order valence-electron chi connectivity index (χ0n) is 5.45. The fraction of sp³-hybridized carbons (Fsp3) is 0.667. The van der Waals surface area contributed by atoms with Gasteiger partial charge in [0.25, 0.3) is 0 Å². The molecule has 0 aromatic rings. The Morgan fingerprint density at radius 3 is 2.70 bits per heavy atom. The van der Waals surface area contributed by atoms with Crippen LogP contribution in [0.4, 0.5) is 0 Å². The summed E-state index contributed by atoms with van der Waals surface area (Å²) in [6, 6.07) is 0. The van der Waals surface area contributed by atoms with E-state index in [9.17, 15) is 4.79 Å². The lowest BCUT2D eigenvalue weighted by molar-refractivity contribution is -0.141. The van der Waals surface area contributed by atoms with E-state index in [1.165, 1.54) is 0 Å². The van der Waals surface area contributed by atoms with Crippen molar-refractivity contribution in [2.45, 2.75) is 19.3 Å². The lowest BCUT2D eigenvalue weighted by Crippen LogP contribution is -2.09. The van der Waals surface area contributed by atoms with E-state index in [0.29, 0.717) is 25.0 Å². The second kappa shape index (κ2) is 2.68. The molecule has 0 aliphatic heterocycles. The first kappa shape index (κ1) is 7.05. The molecule has 0 aromatic carbocycles. The summed E-state index contributed by atoms with van der Waals surface area (Å²) in [6.45, 7) is 0. The number of hydrogen-bond donors (Lipinski definition) is 2. The van der Waals surface area contributed by atoms with E-state index in [2.05, 4.69) is 5.16 Å². The average Bonchev–Trinajstić information content (AvgIpc) is 2.34. The number of rotatable bonds is 1. The van der Waals surface area contributed by atoms with Crippen molar-refractivity contribution in [1.29, 1.82) is 0 Å². The van der Waals surface area contributed by atoms with Crippen LogP contribution < -0.4 is 0 Å². The Labute approximate surface area is 58.2 Å². The molecule has 0 amide bonds. The summed E-state index contributed by atoms with van der Waals surface area (Å²) in [4.78, 5) is 10.3. The smallest absolute Gasteiger partial charge is 0.306 e. The molecule has 0 aromatic heterocycles. The number of nitrogens with zero attached hydrogens (tertiary/aromatic N) is 1. The molecule has 1 aliphatic carbocycles. The Bertz CT molecular complexity index is 176. The summed E-state index contributed by atoms with van der Waals surface area (Å²) in [5, 5.41) is 19.7. The van der Waals surface area contributed by atoms with Gasteiger partial charge in [0.15, 0.2) is 0 Å². The zero-order chi connectivity index (χ0) is 7.56. The highest BCUT2D eigenvalue weighted by molar-refractivity contribution is 5.90. The minimum atomic E-state index is -0.793. The van der Waals surface area contributed by atoms with E-state index in [1.54, 1.807) is 0 Å². The minimum Gasteiger partial charge on any atom is -0.481 e. The highest BCUT2D eigenvalue weighted by Gasteiger charge is 2.26. The molecular weight excluding hydrogens is 134 g/mol. The Morgan fingerprint density at radius 1 is 1.70 bits per heavy atom. The molecule has 2 N–H and O–H groups in total. The van der Waals surface area contributed by atoms with E-state index in [1.807, 2.05) is 0 Å². The van der Waals surface area contributed by atoms with Crippen LogP contribution >= 0.6 is 0 Å². The van der Waals surface area contributed by atoms with Crippen LogP contribution in [-0.4, -0.2) is 22.0 Å². The highest BCUT2D eigenvalue weighted by Crippen LogP contribution is 2.22. The molecule has 0 spiro atoms. The molecule has 0 heterocycles. The second-order valence-electron chi connectivity index (χ2n) is 2.44. The third-order valence-corrected chi connectivity index (χ3v) is 1.75. The molecule has 1 fully saturated rings. The van der Waals surface area contributed by atoms with Crippen LogP contribution in [0.25, 0.3) is 0 Å².